The fourth-order valence-electron chi connectivity index (χ4n) is 4.14. The first-order chi connectivity index (χ1) is 17.2. The molecule has 4 heterocycles. The van der Waals surface area contributed by atoms with Gasteiger partial charge in [0.2, 0.25) is 0 Å². The molecule has 5 rings (SSSR count). The molecule has 4 aromatic rings. The summed E-state index contributed by atoms with van der Waals surface area (Å²) in [5, 5.41) is 3.73. The Balaban J connectivity index is 1.46. The zero-order chi connectivity index (χ0) is 25.4. The number of ether oxygens (including phenoxy) is 1. The van der Waals surface area contributed by atoms with E-state index in [9.17, 15) is 18.0 Å². The molecule has 1 aromatic carbocycles. The van der Waals surface area contributed by atoms with E-state index in [1.54, 1.807) is 30.5 Å². The number of hydrogen-bond acceptors (Lipinski definition) is 6. The van der Waals surface area contributed by atoms with Crippen molar-refractivity contribution in [2.24, 2.45) is 0 Å². The third-order valence-corrected chi connectivity index (χ3v) is 6.36. The van der Waals surface area contributed by atoms with Gasteiger partial charge in [0.1, 0.15) is 16.5 Å². The lowest BCUT2D eigenvalue weighted by Gasteiger charge is -2.33. The maximum atomic E-state index is 14.0. The van der Waals surface area contributed by atoms with E-state index in [-0.39, 0.29) is 22.1 Å². The largest absolute Gasteiger partial charge is 0.497 e. The van der Waals surface area contributed by atoms with Gasteiger partial charge in [0.05, 0.1) is 25.6 Å². The first-order valence-corrected chi connectivity index (χ1v) is 11.5. The Bertz CT molecular complexity index is 1400. The van der Waals surface area contributed by atoms with Crippen molar-refractivity contribution in [3.8, 4) is 17.0 Å². The number of alkyl halides is 3. The van der Waals surface area contributed by atoms with Crippen LogP contribution >= 0.6 is 11.6 Å². The topological polar surface area (TPSA) is 76.1 Å². The van der Waals surface area contributed by atoms with Crippen LogP contribution in [0.3, 0.4) is 0 Å². The van der Waals surface area contributed by atoms with Crippen molar-refractivity contribution < 1.29 is 27.1 Å². The lowest BCUT2D eigenvalue weighted by atomic mass is 10.1. The number of methoxy groups -OCH3 is 1. The Labute approximate surface area is 208 Å². The van der Waals surface area contributed by atoms with Gasteiger partial charge in [0.25, 0.3) is 5.91 Å². The zero-order valence-corrected chi connectivity index (χ0v) is 19.9. The minimum atomic E-state index is -4.76. The number of aromatic nitrogens is 3. The van der Waals surface area contributed by atoms with Gasteiger partial charge in [-0.1, -0.05) is 23.7 Å². The monoisotopic (exact) mass is 519 g/mol. The summed E-state index contributed by atoms with van der Waals surface area (Å²) in [4.78, 5) is 21.2. The van der Waals surface area contributed by atoms with Crippen LogP contribution in [-0.4, -0.2) is 63.6 Å². The normalized spacial score (nSPS) is 15.0. The summed E-state index contributed by atoms with van der Waals surface area (Å²) in [6.07, 6.45) is -3.16. The highest BCUT2D eigenvalue weighted by atomic mass is 35.5. The van der Waals surface area contributed by atoms with Crippen LogP contribution in [0.4, 0.5) is 13.2 Å². The molecule has 0 spiro atoms. The average Bonchev–Trinajstić information content (AvgIpc) is 3.50. The molecular formula is C24H21ClF3N5O3. The van der Waals surface area contributed by atoms with Crippen LogP contribution in [0.15, 0.2) is 53.1 Å². The predicted molar refractivity (Wildman–Crippen MR) is 125 cm³/mol. The van der Waals surface area contributed by atoms with Crippen molar-refractivity contribution in [2.75, 3.05) is 33.3 Å². The van der Waals surface area contributed by atoms with Crippen LogP contribution in [0.5, 0.6) is 5.75 Å². The fourth-order valence-corrected chi connectivity index (χ4v) is 4.38. The average molecular weight is 520 g/mol. The maximum Gasteiger partial charge on any atom is 0.433 e. The molecule has 0 radical (unpaired) electrons. The van der Waals surface area contributed by atoms with Gasteiger partial charge in [-0.2, -0.15) is 18.3 Å². The van der Waals surface area contributed by atoms with Gasteiger partial charge in [-0.25, -0.2) is 9.50 Å². The summed E-state index contributed by atoms with van der Waals surface area (Å²) < 4.78 is 53.1. The molecule has 0 saturated carbocycles. The Hall–Kier alpha value is -3.57. The highest BCUT2D eigenvalue weighted by Gasteiger charge is 2.37. The Morgan fingerprint density at radius 2 is 1.92 bits per heavy atom. The van der Waals surface area contributed by atoms with Gasteiger partial charge in [0, 0.05) is 31.7 Å². The Morgan fingerprint density at radius 3 is 2.58 bits per heavy atom. The molecule has 0 aliphatic carbocycles. The lowest BCUT2D eigenvalue weighted by molar-refractivity contribution is -0.142. The van der Waals surface area contributed by atoms with Crippen molar-refractivity contribution >= 4 is 23.2 Å². The van der Waals surface area contributed by atoms with Crippen molar-refractivity contribution in [1.82, 2.24) is 24.4 Å². The number of amides is 1. The molecule has 8 nitrogen and oxygen atoms in total. The predicted octanol–water partition coefficient (Wildman–Crippen LogP) is 4.63. The molecule has 1 fully saturated rings. The van der Waals surface area contributed by atoms with E-state index in [2.05, 4.69) is 15.0 Å². The number of piperazine rings is 1. The van der Waals surface area contributed by atoms with Gasteiger partial charge >= 0.3 is 6.18 Å². The third-order valence-electron chi connectivity index (χ3n) is 6.01. The number of hydrogen-bond donors (Lipinski definition) is 0. The molecule has 0 unspecified atom stereocenters. The molecule has 1 aliphatic rings. The van der Waals surface area contributed by atoms with Gasteiger partial charge in [-0.15, -0.1) is 0 Å². The zero-order valence-electron chi connectivity index (χ0n) is 19.1. The van der Waals surface area contributed by atoms with Gasteiger partial charge in [-0.3, -0.25) is 9.69 Å². The third kappa shape index (κ3) is 4.63. The van der Waals surface area contributed by atoms with E-state index in [4.69, 9.17) is 20.8 Å². The minimum absolute atomic E-state index is 0.0288. The van der Waals surface area contributed by atoms with E-state index in [1.807, 2.05) is 12.1 Å². The Morgan fingerprint density at radius 1 is 1.14 bits per heavy atom. The highest BCUT2D eigenvalue weighted by Crippen LogP contribution is 2.35. The van der Waals surface area contributed by atoms with Crippen molar-refractivity contribution in [3.63, 3.8) is 0 Å². The molecule has 3 aromatic heterocycles. The van der Waals surface area contributed by atoms with Crippen LogP contribution in [0, 0.1) is 0 Å². The molecular weight excluding hydrogens is 499 g/mol. The molecule has 1 saturated heterocycles. The second-order valence-corrected chi connectivity index (χ2v) is 8.68. The van der Waals surface area contributed by atoms with Crippen LogP contribution < -0.4 is 4.74 Å². The summed E-state index contributed by atoms with van der Waals surface area (Å²) in [5.41, 5.74) is -1.17. The number of rotatable bonds is 5. The number of nitrogens with zero attached hydrogens (tertiary/aromatic N) is 5. The number of halogens is 4. The first-order valence-electron chi connectivity index (χ1n) is 11.1. The second-order valence-electron chi connectivity index (χ2n) is 8.30. The van der Waals surface area contributed by atoms with Crippen molar-refractivity contribution in [1.29, 1.82) is 0 Å². The number of furan rings is 1. The number of fused-ring (bicyclic) bond motifs is 1. The first kappa shape index (κ1) is 24.1. The van der Waals surface area contributed by atoms with Gasteiger partial charge in [0.15, 0.2) is 17.0 Å². The second kappa shape index (κ2) is 9.47. The number of benzene rings is 1. The fraction of sp³-hybridized carbons (Fsp3) is 0.292. The summed E-state index contributed by atoms with van der Waals surface area (Å²) in [7, 11) is 1.46. The van der Waals surface area contributed by atoms with Crippen LogP contribution in [-0.2, 0) is 12.7 Å². The molecule has 1 amide bonds. The quantitative estimate of drug-likeness (QED) is 0.383. The Kier molecular flexibility index (Phi) is 6.35. The van der Waals surface area contributed by atoms with Gasteiger partial charge in [-0.05, 0) is 30.3 Å². The number of carbonyl (C=O) groups excluding carboxylic acids is 1. The van der Waals surface area contributed by atoms with Crippen LogP contribution in [0.2, 0.25) is 5.02 Å². The molecule has 0 N–H and O–H groups in total. The molecule has 188 valence electrons. The molecule has 0 bridgehead atoms. The van der Waals surface area contributed by atoms with Gasteiger partial charge < -0.3 is 14.1 Å². The summed E-state index contributed by atoms with van der Waals surface area (Å²) >= 11 is 6.43. The summed E-state index contributed by atoms with van der Waals surface area (Å²) in [6, 6.07) is 11.1. The molecule has 0 atom stereocenters. The van der Waals surface area contributed by atoms with Crippen LogP contribution in [0.25, 0.3) is 16.9 Å². The minimum Gasteiger partial charge on any atom is -0.497 e. The number of carbonyl (C=O) groups is 1. The molecule has 12 heteroatoms. The maximum absolute atomic E-state index is 14.0. The molecule has 36 heavy (non-hydrogen) atoms. The van der Waals surface area contributed by atoms with E-state index in [0.29, 0.717) is 48.6 Å². The van der Waals surface area contributed by atoms with E-state index in [0.717, 1.165) is 11.8 Å². The van der Waals surface area contributed by atoms with Crippen molar-refractivity contribution in [3.05, 3.63) is 70.9 Å². The standard InChI is InChI=1S/C24H21ClF3N5O3/c1-35-16-5-2-4-15(12-16)18-13-19(24(26,27)28)33-22(29-18)20(25)21(30-33)23(34)32-9-7-31(8-10-32)14-17-6-3-11-36-17/h2-6,11-13H,7-10,14H2,1H3. The van der Waals surface area contributed by atoms with E-state index < -0.39 is 17.8 Å². The van der Waals surface area contributed by atoms with E-state index >= 15 is 0 Å². The smallest absolute Gasteiger partial charge is 0.433 e. The summed E-state index contributed by atoms with van der Waals surface area (Å²) in [5.74, 6) is 0.736. The molecule has 1 aliphatic heterocycles. The summed E-state index contributed by atoms with van der Waals surface area (Å²) in [6.45, 7) is 2.50. The SMILES string of the molecule is COc1cccc(-c2cc(C(F)(F)F)n3nc(C(=O)N4CCN(Cc5ccco5)CC4)c(Cl)c3n2)c1. The lowest BCUT2D eigenvalue weighted by Crippen LogP contribution is -2.48. The van der Waals surface area contributed by atoms with Crippen molar-refractivity contribution in [2.45, 2.75) is 12.7 Å². The van der Waals surface area contributed by atoms with E-state index in [1.165, 1.54) is 12.0 Å². The highest BCUT2D eigenvalue weighted by molar-refractivity contribution is 6.36. The van der Waals surface area contributed by atoms with Crippen LogP contribution in [0.1, 0.15) is 21.9 Å².